The van der Waals surface area contributed by atoms with E-state index >= 15 is 0 Å². The van der Waals surface area contributed by atoms with Crippen molar-refractivity contribution >= 4 is 0 Å². The van der Waals surface area contributed by atoms with Crippen LogP contribution in [-0.4, -0.2) is 19.3 Å². The quantitative estimate of drug-likeness (QED) is 0.802. The highest BCUT2D eigenvalue weighted by Gasteiger charge is 2.20. The zero-order valence-corrected chi connectivity index (χ0v) is 9.00. The lowest BCUT2D eigenvalue weighted by Gasteiger charge is -2.21. The lowest BCUT2D eigenvalue weighted by Crippen LogP contribution is -2.16. The number of hydrogen-bond donors (Lipinski definition) is 1. The molecule has 1 N–H and O–H groups in total. The molecule has 0 aromatic heterocycles. The molecule has 0 saturated carbocycles. The van der Waals surface area contributed by atoms with Gasteiger partial charge in [-0.3, -0.25) is 0 Å². The van der Waals surface area contributed by atoms with Crippen molar-refractivity contribution in [3.63, 3.8) is 0 Å². The van der Waals surface area contributed by atoms with Gasteiger partial charge in [-0.05, 0) is 26.0 Å². The van der Waals surface area contributed by atoms with Crippen LogP contribution in [0.25, 0.3) is 0 Å². The lowest BCUT2D eigenvalue weighted by molar-refractivity contribution is 0.0756. The van der Waals surface area contributed by atoms with Gasteiger partial charge in [0.1, 0.15) is 11.5 Å². The van der Waals surface area contributed by atoms with Crippen LogP contribution in [0, 0.1) is 0 Å². The predicted octanol–water partition coefficient (Wildman–Crippen LogP) is 1.93. The normalized spacial score (nSPS) is 11.2. The molecule has 1 aromatic rings. The first-order valence-electron chi connectivity index (χ1n) is 4.44. The van der Waals surface area contributed by atoms with Gasteiger partial charge < -0.3 is 14.6 Å². The Morgan fingerprint density at radius 3 is 2.21 bits per heavy atom. The van der Waals surface area contributed by atoms with Gasteiger partial charge in [0.05, 0.1) is 19.8 Å². The summed E-state index contributed by atoms with van der Waals surface area (Å²) in [6, 6.07) is 5.36. The van der Waals surface area contributed by atoms with E-state index in [-0.39, 0.29) is 0 Å². The third-order valence-corrected chi connectivity index (χ3v) is 2.07. The van der Waals surface area contributed by atoms with Crippen molar-refractivity contribution in [2.24, 2.45) is 0 Å². The molecular formula is C11H16O3. The van der Waals surface area contributed by atoms with Gasteiger partial charge in [0, 0.05) is 11.6 Å². The summed E-state index contributed by atoms with van der Waals surface area (Å²) in [5, 5.41) is 9.84. The van der Waals surface area contributed by atoms with Crippen molar-refractivity contribution in [3.8, 4) is 11.5 Å². The maximum Gasteiger partial charge on any atom is 0.128 e. The molecule has 3 nitrogen and oxygen atoms in total. The molecule has 0 heterocycles. The van der Waals surface area contributed by atoms with Crippen LogP contribution in [0.1, 0.15) is 19.4 Å². The Balaban J connectivity index is 3.18. The Morgan fingerprint density at radius 1 is 1.14 bits per heavy atom. The van der Waals surface area contributed by atoms with E-state index in [1.165, 1.54) is 0 Å². The molecule has 0 saturated heterocycles. The van der Waals surface area contributed by atoms with E-state index in [9.17, 15) is 5.11 Å². The monoisotopic (exact) mass is 196 g/mol. The third-order valence-electron chi connectivity index (χ3n) is 2.07. The standard InChI is InChI=1S/C11H16O3/c1-11(2,12)9-6-5-8(13-3)7-10(9)14-4/h5-7,12H,1-4H3. The van der Waals surface area contributed by atoms with Crippen LogP contribution in [0.4, 0.5) is 0 Å². The topological polar surface area (TPSA) is 38.7 Å². The second-order valence-corrected chi connectivity index (χ2v) is 3.63. The molecule has 0 fully saturated rings. The van der Waals surface area contributed by atoms with E-state index < -0.39 is 5.60 Å². The Morgan fingerprint density at radius 2 is 1.79 bits per heavy atom. The highest BCUT2D eigenvalue weighted by atomic mass is 16.5. The highest BCUT2D eigenvalue weighted by molar-refractivity contribution is 5.43. The molecule has 0 bridgehead atoms. The fourth-order valence-electron chi connectivity index (χ4n) is 1.30. The Labute approximate surface area is 84.3 Å². The number of methoxy groups -OCH3 is 2. The summed E-state index contributed by atoms with van der Waals surface area (Å²) in [6.07, 6.45) is 0. The zero-order chi connectivity index (χ0) is 10.8. The fourth-order valence-corrected chi connectivity index (χ4v) is 1.30. The SMILES string of the molecule is COc1ccc(C(C)(C)O)c(OC)c1. The van der Waals surface area contributed by atoms with E-state index in [0.29, 0.717) is 5.75 Å². The molecule has 14 heavy (non-hydrogen) atoms. The van der Waals surface area contributed by atoms with E-state index in [1.54, 1.807) is 46.3 Å². The highest BCUT2D eigenvalue weighted by Crippen LogP contribution is 2.32. The van der Waals surface area contributed by atoms with Gasteiger partial charge >= 0.3 is 0 Å². The summed E-state index contributed by atoms with van der Waals surface area (Å²) in [5.74, 6) is 1.35. The van der Waals surface area contributed by atoms with Crippen LogP contribution < -0.4 is 9.47 Å². The van der Waals surface area contributed by atoms with Crippen LogP contribution >= 0.6 is 0 Å². The molecule has 3 heteroatoms. The van der Waals surface area contributed by atoms with Crippen molar-refractivity contribution in [3.05, 3.63) is 23.8 Å². The summed E-state index contributed by atoms with van der Waals surface area (Å²) >= 11 is 0. The largest absolute Gasteiger partial charge is 0.497 e. The van der Waals surface area contributed by atoms with E-state index in [1.807, 2.05) is 0 Å². The van der Waals surface area contributed by atoms with Crippen LogP contribution in [0.5, 0.6) is 11.5 Å². The molecule has 0 aliphatic rings. The van der Waals surface area contributed by atoms with Crippen molar-refractivity contribution in [2.75, 3.05) is 14.2 Å². The fraction of sp³-hybridized carbons (Fsp3) is 0.455. The Kier molecular flexibility index (Phi) is 3.01. The van der Waals surface area contributed by atoms with Crippen LogP contribution in [0.3, 0.4) is 0 Å². The van der Waals surface area contributed by atoms with Gasteiger partial charge in [-0.2, -0.15) is 0 Å². The smallest absolute Gasteiger partial charge is 0.128 e. The number of rotatable bonds is 3. The Bertz CT molecular complexity index is 313. The number of hydrogen-bond acceptors (Lipinski definition) is 3. The maximum atomic E-state index is 9.84. The van der Waals surface area contributed by atoms with Crippen molar-refractivity contribution in [2.45, 2.75) is 19.4 Å². The molecule has 0 aliphatic heterocycles. The number of ether oxygens (including phenoxy) is 2. The van der Waals surface area contributed by atoms with Crippen molar-refractivity contribution < 1.29 is 14.6 Å². The minimum Gasteiger partial charge on any atom is -0.497 e. The molecule has 78 valence electrons. The second-order valence-electron chi connectivity index (χ2n) is 3.63. The van der Waals surface area contributed by atoms with Crippen LogP contribution in [0.2, 0.25) is 0 Å². The summed E-state index contributed by atoms with van der Waals surface area (Å²) in [4.78, 5) is 0. The van der Waals surface area contributed by atoms with E-state index in [2.05, 4.69) is 0 Å². The van der Waals surface area contributed by atoms with Gasteiger partial charge in [0.15, 0.2) is 0 Å². The summed E-state index contributed by atoms with van der Waals surface area (Å²) in [7, 11) is 3.17. The number of aliphatic hydroxyl groups is 1. The molecule has 0 spiro atoms. The van der Waals surface area contributed by atoms with Crippen molar-refractivity contribution in [1.82, 2.24) is 0 Å². The summed E-state index contributed by atoms with van der Waals surface area (Å²) in [6.45, 7) is 3.44. The summed E-state index contributed by atoms with van der Waals surface area (Å²) < 4.78 is 10.2. The molecule has 0 radical (unpaired) electrons. The van der Waals surface area contributed by atoms with E-state index in [4.69, 9.17) is 9.47 Å². The minimum atomic E-state index is -0.905. The Hall–Kier alpha value is -1.22. The van der Waals surface area contributed by atoms with Gasteiger partial charge in [-0.1, -0.05) is 0 Å². The summed E-state index contributed by atoms with van der Waals surface area (Å²) in [5.41, 5.74) is -0.154. The van der Waals surface area contributed by atoms with Crippen LogP contribution in [0.15, 0.2) is 18.2 Å². The lowest BCUT2D eigenvalue weighted by atomic mass is 9.97. The average molecular weight is 196 g/mol. The van der Waals surface area contributed by atoms with Gasteiger partial charge in [0.25, 0.3) is 0 Å². The molecule has 1 rings (SSSR count). The minimum absolute atomic E-state index is 0.636. The van der Waals surface area contributed by atoms with Gasteiger partial charge in [0.2, 0.25) is 0 Å². The van der Waals surface area contributed by atoms with Gasteiger partial charge in [-0.25, -0.2) is 0 Å². The molecule has 0 amide bonds. The first-order valence-corrected chi connectivity index (χ1v) is 4.44. The van der Waals surface area contributed by atoms with Crippen molar-refractivity contribution in [1.29, 1.82) is 0 Å². The van der Waals surface area contributed by atoms with Gasteiger partial charge in [-0.15, -0.1) is 0 Å². The first kappa shape index (κ1) is 10.9. The molecule has 0 unspecified atom stereocenters. The first-order chi connectivity index (χ1) is 6.49. The third kappa shape index (κ3) is 2.17. The average Bonchev–Trinajstić information content (AvgIpc) is 2.15. The zero-order valence-electron chi connectivity index (χ0n) is 9.00. The molecule has 0 atom stereocenters. The van der Waals surface area contributed by atoms with E-state index in [0.717, 1.165) is 11.3 Å². The number of benzene rings is 1. The maximum absolute atomic E-state index is 9.84. The molecular weight excluding hydrogens is 180 g/mol. The second kappa shape index (κ2) is 3.88. The molecule has 1 aromatic carbocycles. The predicted molar refractivity (Wildman–Crippen MR) is 54.8 cm³/mol. The van der Waals surface area contributed by atoms with Crippen LogP contribution in [-0.2, 0) is 5.60 Å². The molecule has 0 aliphatic carbocycles.